The van der Waals surface area contributed by atoms with Crippen LogP contribution in [0.1, 0.15) is 40.7 Å². The number of halogens is 1. The summed E-state index contributed by atoms with van der Waals surface area (Å²) in [6.07, 6.45) is 6.00. The Hall–Kier alpha value is -2.81. The summed E-state index contributed by atoms with van der Waals surface area (Å²) in [6, 6.07) is 11.7. The van der Waals surface area contributed by atoms with Crippen molar-refractivity contribution < 1.29 is 9.21 Å². The Balaban J connectivity index is 1.47. The van der Waals surface area contributed by atoms with E-state index in [-0.39, 0.29) is 5.91 Å². The standard InChI is InChI=1S/C24H21ClN2O2S/c1-14-3-8-18-19(13-26)24(30-22(18)11-14)27-23(28)10-7-17-6-9-21(29-17)16-5-4-15(2)20(25)12-16/h4-7,9-10,12,14H,3,8,11H2,1-2H3,(H,27,28)/b10-7+/t14-/m0/s1. The molecule has 1 atom stereocenters. The molecule has 6 heteroatoms. The van der Waals surface area contributed by atoms with Gasteiger partial charge in [0.1, 0.15) is 22.6 Å². The fourth-order valence-electron chi connectivity index (χ4n) is 3.61. The van der Waals surface area contributed by atoms with Crippen molar-refractivity contribution in [2.75, 3.05) is 5.32 Å². The van der Waals surface area contributed by atoms with E-state index in [2.05, 4.69) is 18.3 Å². The zero-order valence-corrected chi connectivity index (χ0v) is 18.4. The van der Waals surface area contributed by atoms with Crippen LogP contribution < -0.4 is 5.32 Å². The lowest BCUT2D eigenvalue weighted by Crippen LogP contribution is -2.10. The molecule has 1 amide bonds. The van der Waals surface area contributed by atoms with Crippen molar-refractivity contribution in [1.29, 1.82) is 5.26 Å². The van der Waals surface area contributed by atoms with Gasteiger partial charge in [-0.05, 0) is 67.5 Å². The number of fused-ring (bicyclic) bond motifs is 1. The van der Waals surface area contributed by atoms with E-state index in [9.17, 15) is 10.1 Å². The molecule has 0 aliphatic heterocycles. The van der Waals surface area contributed by atoms with Crippen LogP contribution in [0.4, 0.5) is 5.00 Å². The highest BCUT2D eigenvalue weighted by molar-refractivity contribution is 7.16. The third kappa shape index (κ3) is 4.21. The Morgan fingerprint density at radius 2 is 2.20 bits per heavy atom. The zero-order chi connectivity index (χ0) is 21.3. The number of aryl methyl sites for hydroxylation is 1. The number of benzene rings is 1. The Morgan fingerprint density at radius 1 is 1.37 bits per heavy atom. The highest BCUT2D eigenvalue weighted by Crippen LogP contribution is 2.39. The fraction of sp³-hybridized carbons (Fsp3) is 0.250. The topological polar surface area (TPSA) is 66.0 Å². The first kappa shape index (κ1) is 20.5. The average Bonchev–Trinajstić information content (AvgIpc) is 3.32. The van der Waals surface area contributed by atoms with Gasteiger partial charge in [-0.2, -0.15) is 5.26 Å². The number of furan rings is 1. The van der Waals surface area contributed by atoms with E-state index in [1.54, 1.807) is 12.1 Å². The first-order valence-corrected chi connectivity index (χ1v) is 11.0. The largest absolute Gasteiger partial charge is 0.457 e. The number of hydrogen-bond donors (Lipinski definition) is 1. The maximum Gasteiger partial charge on any atom is 0.249 e. The van der Waals surface area contributed by atoms with Gasteiger partial charge in [-0.3, -0.25) is 4.79 Å². The molecular weight excluding hydrogens is 416 g/mol. The number of nitrogens with zero attached hydrogens (tertiary/aromatic N) is 1. The molecule has 4 rings (SSSR count). The van der Waals surface area contributed by atoms with Gasteiger partial charge in [0, 0.05) is 21.5 Å². The van der Waals surface area contributed by atoms with Gasteiger partial charge < -0.3 is 9.73 Å². The molecule has 0 spiro atoms. The lowest BCUT2D eigenvalue weighted by Gasteiger charge is -2.17. The van der Waals surface area contributed by atoms with Crippen LogP contribution in [-0.4, -0.2) is 5.91 Å². The highest BCUT2D eigenvalue weighted by atomic mass is 35.5. The van der Waals surface area contributed by atoms with Crippen LogP contribution in [0.3, 0.4) is 0 Å². The second-order valence-corrected chi connectivity index (χ2v) is 9.17. The van der Waals surface area contributed by atoms with E-state index >= 15 is 0 Å². The Bertz CT molecular complexity index is 1180. The monoisotopic (exact) mass is 436 g/mol. The summed E-state index contributed by atoms with van der Waals surface area (Å²) >= 11 is 7.71. The summed E-state index contributed by atoms with van der Waals surface area (Å²) in [6.45, 7) is 4.17. The third-order valence-electron chi connectivity index (χ3n) is 5.34. The van der Waals surface area contributed by atoms with Crippen molar-refractivity contribution in [2.45, 2.75) is 33.1 Å². The molecule has 1 aromatic carbocycles. The van der Waals surface area contributed by atoms with Crippen LogP contribution in [0, 0.1) is 24.2 Å². The van der Waals surface area contributed by atoms with Gasteiger partial charge in [0.25, 0.3) is 0 Å². The van der Waals surface area contributed by atoms with Crippen LogP contribution >= 0.6 is 22.9 Å². The van der Waals surface area contributed by atoms with E-state index in [0.717, 1.165) is 36.0 Å². The maximum absolute atomic E-state index is 12.4. The SMILES string of the molecule is Cc1ccc(-c2ccc(/C=C/C(=O)Nc3sc4c(c3C#N)CC[C@H](C)C4)o2)cc1Cl. The fourth-order valence-corrected chi connectivity index (χ4v) is 5.16. The van der Waals surface area contributed by atoms with E-state index < -0.39 is 0 Å². The predicted molar refractivity (Wildman–Crippen MR) is 122 cm³/mol. The van der Waals surface area contributed by atoms with Crippen molar-refractivity contribution in [2.24, 2.45) is 5.92 Å². The molecule has 0 saturated carbocycles. The molecule has 30 heavy (non-hydrogen) atoms. The van der Waals surface area contributed by atoms with Gasteiger partial charge in [0.15, 0.2) is 0 Å². The van der Waals surface area contributed by atoms with Crippen LogP contribution in [0.5, 0.6) is 0 Å². The Morgan fingerprint density at radius 3 is 2.97 bits per heavy atom. The van der Waals surface area contributed by atoms with Crippen molar-refractivity contribution in [1.82, 2.24) is 0 Å². The third-order valence-corrected chi connectivity index (χ3v) is 6.92. The molecule has 1 aliphatic rings. The molecule has 2 heterocycles. The smallest absolute Gasteiger partial charge is 0.249 e. The number of thiophene rings is 1. The molecule has 0 saturated heterocycles. The first-order valence-electron chi connectivity index (χ1n) is 9.84. The summed E-state index contributed by atoms with van der Waals surface area (Å²) in [5.74, 6) is 1.58. The minimum Gasteiger partial charge on any atom is -0.457 e. The molecule has 2 aromatic heterocycles. The number of amides is 1. The number of carbonyl (C=O) groups is 1. The number of anilines is 1. The van der Waals surface area contributed by atoms with Crippen LogP contribution in [0.25, 0.3) is 17.4 Å². The quantitative estimate of drug-likeness (QED) is 0.467. The van der Waals surface area contributed by atoms with Crippen LogP contribution in [-0.2, 0) is 17.6 Å². The maximum atomic E-state index is 12.4. The van der Waals surface area contributed by atoms with Gasteiger partial charge in [-0.15, -0.1) is 11.3 Å². The molecule has 152 valence electrons. The second-order valence-electron chi connectivity index (χ2n) is 7.66. The van der Waals surface area contributed by atoms with Gasteiger partial charge in [-0.1, -0.05) is 30.7 Å². The number of carbonyl (C=O) groups excluding carboxylic acids is 1. The molecule has 0 fully saturated rings. The molecular formula is C24H21ClN2O2S. The molecule has 0 unspecified atom stereocenters. The zero-order valence-electron chi connectivity index (χ0n) is 16.8. The minimum atomic E-state index is -0.283. The van der Waals surface area contributed by atoms with Gasteiger partial charge >= 0.3 is 0 Å². The Labute approximate surface area is 184 Å². The molecule has 0 bridgehead atoms. The summed E-state index contributed by atoms with van der Waals surface area (Å²) < 4.78 is 5.81. The van der Waals surface area contributed by atoms with Gasteiger partial charge in [0.05, 0.1) is 5.56 Å². The average molecular weight is 437 g/mol. The van der Waals surface area contributed by atoms with E-state index in [4.69, 9.17) is 16.0 Å². The van der Waals surface area contributed by atoms with E-state index in [1.807, 2.05) is 31.2 Å². The van der Waals surface area contributed by atoms with Crippen molar-refractivity contribution in [3.63, 3.8) is 0 Å². The van der Waals surface area contributed by atoms with Crippen molar-refractivity contribution in [3.05, 3.63) is 68.8 Å². The highest BCUT2D eigenvalue weighted by Gasteiger charge is 2.24. The Kier molecular flexibility index (Phi) is 5.80. The molecule has 1 aliphatic carbocycles. The summed E-state index contributed by atoms with van der Waals surface area (Å²) in [5.41, 5.74) is 3.60. The minimum absolute atomic E-state index is 0.283. The van der Waals surface area contributed by atoms with Crippen molar-refractivity contribution in [3.8, 4) is 17.4 Å². The predicted octanol–water partition coefficient (Wildman–Crippen LogP) is 6.62. The van der Waals surface area contributed by atoms with Gasteiger partial charge in [-0.25, -0.2) is 0 Å². The van der Waals surface area contributed by atoms with E-state index in [1.165, 1.54) is 22.3 Å². The van der Waals surface area contributed by atoms with Crippen LogP contribution in [0.15, 0.2) is 40.8 Å². The summed E-state index contributed by atoms with van der Waals surface area (Å²) in [5, 5.41) is 13.7. The number of rotatable bonds is 4. The summed E-state index contributed by atoms with van der Waals surface area (Å²) in [7, 11) is 0. The van der Waals surface area contributed by atoms with Crippen molar-refractivity contribution >= 4 is 39.9 Å². The first-order chi connectivity index (χ1) is 14.4. The summed E-state index contributed by atoms with van der Waals surface area (Å²) in [4.78, 5) is 13.6. The number of hydrogen-bond acceptors (Lipinski definition) is 4. The normalized spacial score (nSPS) is 15.7. The molecule has 0 radical (unpaired) electrons. The lowest BCUT2D eigenvalue weighted by molar-refractivity contribution is -0.111. The lowest BCUT2D eigenvalue weighted by atomic mass is 9.89. The van der Waals surface area contributed by atoms with E-state index in [0.29, 0.717) is 33.0 Å². The number of nitriles is 1. The van der Waals surface area contributed by atoms with Gasteiger partial charge in [0.2, 0.25) is 5.91 Å². The molecule has 4 nitrogen and oxygen atoms in total. The molecule has 3 aromatic rings. The molecule has 1 N–H and O–H groups in total. The number of nitrogens with one attached hydrogen (secondary N) is 1. The van der Waals surface area contributed by atoms with Crippen LogP contribution in [0.2, 0.25) is 5.02 Å². The second kappa shape index (κ2) is 8.51.